The Labute approximate surface area is 187 Å². The molecule has 0 fully saturated rings. The summed E-state index contributed by atoms with van der Waals surface area (Å²) >= 11 is 0. The molecular weight excluding hydrogens is 428 g/mol. The lowest BCUT2D eigenvalue weighted by molar-refractivity contribution is -0.122. The normalized spacial score (nSPS) is 15.4. The highest BCUT2D eigenvalue weighted by atomic mass is 32.2. The van der Waals surface area contributed by atoms with Crippen LogP contribution in [0.2, 0.25) is 0 Å². The third kappa shape index (κ3) is 4.40. The Kier molecular flexibility index (Phi) is 6.05. The fourth-order valence-corrected chi connectivity index (χ4v) is 4.90. The van der Waals surface area contributed by atoms with E-state index in [1.54, 1.807) is 72.8 Å². The first-order chi connectivity index (χ1) is 15.4. The summed E-state index contributed by atoms with van der Waals surface area (Å²) in [6.45, 7) is 4.19. The highest BCUT2D eigenvalue weighted by Crippen LogP contribution is 2.37. The van der Waals surface area contributed by atoms with Crippen molar-refractivity contribution in [3.63, 3.8) is 0 Å². The number of sulfonamides is 1. The van der Waals surface area contributed by atoms with Crippen LogP contribution in [0.5, 0.6) is 11.5 Å². The van der Waals surface area contributed by atoms with Gasteiger partial charge in [-0.2, -0.15) is 0 Å². The monoisotopic (exact) mass is 452 g/mol. The molecule has 0 unspecified atom stereocenters. The summed E-state index contributed by atoms with van der Waals surface area (Å²) in [7, 11) is -3.89. The van der Waals surface area contributed by atoms with E-state index in [0.717, 1.165) is 5.56 Å². The van der Waals surface area contributed by atoms with E-state index in [9.17, 15) is 13.2 Å². The van der Waals surface area contributed by atoms with E-state index in [1.807, 2.05) is 13.8 Å². The lowest BCUT2D eigenvalue weighted by Gasteiger charge is -2.34. The van der Waals surface area contributed by atoms with Crippen LogP contribution >= 0.6 is 0 Å². The summed E-state index contributed by atoms with van der Waals surface area (Å²) in [6.07, 6.45) is -1.02. The Balaban J connectivity index is 1.60. The average Bonchev–Trinajstić information content (AvgIpc) is 2.80. The first-order valence-corrected chi connectivity index (χ1v) is 11.7. The molecule has 1 atom stereocenters. The number of carbonyl (C=O) groups is 1. The molecule has 7 nitrogen and oxygen atoms in total. The number of rotatable bonds is 6. The van der Waals surface area contributed by atoms with Gasteiger partial charge in [0.2, 0.25) is 0 Å². The number of aryl methyl sites for hydroxylation is 1. The van der Waals surface area contributed by atoms with Gasteiger partial charge in [-0.3, -0.25) is 9.10 Å². The number of para-hydroxylation sites is 2. The van der Waals surface area contributed by atoms with Gasteiger partial charge in [0.25, 0.3) is 15.9 Å². The molecule has 1 aliphatic heterocycles. The van der Waals surface area contributed by atoms with Crippen LogP contribution in [0.15, 0.2) is 77.7 Å². The van der Waals surface area contributed by atoms with E-state index in [1.165, 1.54) is 4.31 Å². The van der Waals surface area contributed by atoms with Crippen LogP contribution in [0, 0.1) is 6.92 Å². The zero-order valence-corrected chi connectivity index (χ0v) is 18.6. The third-order valence-electron chi connectivity index (χ3n) is 5.07. The molecule has 0 aliphatic carbocycles. The summed E-state index contributed by atoms with van der Waals surface area (Å²) in [5.74, 6) is 0.595. The van der Waals surface area contributed by atoms with Gasteiger partial charge in [-0.05, 0) is 62.4 Å². The quantitative estimate of drug-likeness (QED) is 0.611. The van der Waals surface area contributed by atoms with Gasteiger partial charge >= 0.3 is 0 Å². The Morgan fingerprint density at radius 3 is 2.44 bits per heavy atom. The number of fused-ring (bicyclic) bond motifs is 1. The summed E-state index contributed by atoms with van der Waals surface area (Å²) in [6, 6.07) is 20.4. The smallest absolute Gasteiger partial charge is 0.267 e. The molecule has 1 N–H and O–H groups in total. The number of hydrogen-bond donors (Lipinski definition) is 1. The second kappa shape index (κ2) is 8.92. The molecular formula is C24H24N2O5S. The fraction of sp³-hybridized carbons (Fsp3) is 0.208. The van der Waals surface area contributed by atoms with Crippen molar-refractivity contribution in [2.24, 2.45) is 0 Å². The molecule has 0 saturated carbocycles. The summed E-state index contributed by atoms with van der Waals surface area (Å²) in [4.78, 5) is 13.1. The molecule has 1 amide bonds. The van der Waals surface area contributed by atoms with Crippen LogP contribution < -0.4 is 19.1 Å². The van der Waals surface area contributed by atoms with Crippen LogP contribution in [0.4, 0.5) is 11.4 Å². The highest BCUT2D eigenvalue weighted by Gasteiger charge is 2.37. The van der Waals surface area contributed by atoms with Gasteiger partial charge in [-0.25, -0.2) is 8.42 Å². The largest absolute Gasteiger partial charge is 0.494 e. The number of benzene rings is 3. The average molecular weight is 453 g/mol. The van der Waals surface area contributed by atoms with E-state index in [4.69, 9.17) is 9.47 Å². The second-order valence-electron chi connectivity index (χ2n) is 7.37. The molecule has 0 aromatic heterocycles. The number of carbonyl (C=O) groups excluding carboxylic acids is 1. The van der Waals surface area contributed by atoms with Gasteiger partial charge in [0.05, 0.1) is 23.7 Å². The molecule has 8 heteroatoms. The predicted octanol–water partition coefficient (Wildman–Crippen LogP) is 3.99. The minimum atomic E-state index is -3.89. The lowest BCUT2D eigenvalue weighted by atomic mass is 10.2. The molecule has 1 heterocycles. The van der Waals surface area contributed by atoms with Gasteiger partial charge in [0.15, 0.2) is 6.10 Å². The molecule has 166 valence electrons. The molecule has 0 radical (unpaired) electrons. The van der Waals surface area contributed by atoms with Gasteiger partial charge in [-0.15, -0.1) is 0 Å². The molecule has 0 bridgehead atoms. The predicted molar refractivity (Wildman–Crippen MR) is 123 cm³/mol. The standard InChI is InChI=1S/C24H24N2O5S/c1-3-30-19-12-10-18(11-13-19)25-24(27)23-16-26(21-6-4-5-7-22(21)31-23)32(28,29)20-14-8-17(2)9-15-20/h4-15,23H,3,16H2,1-2H3,(H,25,27)/t23-/m0/s1. The van der Waals surface area contributed by atoms with Crippen molar-refractivity contribution < 1.29 is 22.7 Å². The zero-order chi connectivity index (χ0) is 22.7. The SMILES string of the molecule is CCOc1ccc(NC(=O)[C@@H]2CN(S(=O)(=O)c3ccc(C)cc3)c3ccccc3O2)cc1. The second-order valence-corrected chi connectivity index (χ2v) is 9.23. The Morgan fingerprint density at radius 2 is 1.75 bits per heavy atom. The molecule has 0 spiro atoms. The van der Waals surface area contributed by atoms with Gasteiger partial charge in [0, 0.05) is 5.69 Å². The fourth-order valence-electron chi connectivity index (χ4n) is 3.43. The molecule has 3 aromatic rings. The van der Waals surface area contributed by atoms with Crippen LogP contribution in [0.25, 0.3) is 0 Å². The van der Waals surface area contributed by atoms with E-state index in [2.05, 4.69) is 5.32 Å². The van der Waals surface area contributed by atoms with E-state index in [0.29, 0.717) is 29.5 Å². The zero-order valence-electron chi connectivity index (χ0n) is 17.8. The Bertz CT molecular complexity index is 1210. The number of anilines is 2. The molecule has 4 rings (SSSR count). The highest BCUT2D eigenvalue weighted by molar-refractivity contribution is 7.92. The van der Waals surface area contributed by atoms with Crippen LogP contribution in [-0.2, 0) is 14.8 Å². The maximum Gasteiger partial charge on any atom is 0.267 e. The summed E-state index contributed by atoms with van der Waals surface area (Å²) in [5, 5.41) is 2.79. The molecule has 0 saturated heterocycles. The van der Waals surface area contributed by atoms with Crippen molar-refractivity contribution in [3.05, 3.63) is 78.4 Å². The van der Waals surface area contributed by atoms with Crippen molar-refractivity contribution >= 4 is 27.3 Å². The number of hydrogen-bond acceptors (Lipinski definition) is 5. The topological polar surface area (TPSA) is 84.9 Å². The number of ether oxygens (including phenoxy) is 2. The minimum Gasteiger partial charge on any atom is -0.494 e. The first kappa shape index (κ1) is 21.7. The summed E-state index contributed by atoms with van der Waals surface area (Å²) in [5.41, 5.74) is 1.92. The van der Waals surface area contributed by atoms with Gasteiger partial charge < -0.3 is 14.8 Å². The lowest BCUT2D eigenvalue weighted by Crippen LogP contribution is -2.48. The van der Waals surface area contributed by atoms with Crippen molar-refractivity contribution in [3.8, 4) is 11.5 Å². The van der Waals surface area contributed by atoms with Crippen LogP contribution in [-0.4, -0.2) is 33.6 Å². The first-order valence-electron chi connectivity index (χ1n) is 10.3. The van der Waals surface area contributed by atoms with E-state index >= 15 is 0 Å². The molecule has 32 heavy (non-hydrogen) atoms. The number of nitrogens with one attached hydrogen (secondary N) is 1. The van der Waals surface area contributed by atoms with Crippen LogP contribution in [0.1, 0.15) is 12.5 Å². The maximum absolute atomic E-state index is 13.4. The molecule has 1 aliphatic rings. The van der Waals surface area contributed by atoms with Gasteiger partial charge in [0.1, 0.15) is 11.5 Å². The van der Waals surface area contributed by atoms with Crippen molar-refractivity contribution in [1.29, 1.82) is 0 Å². The minimum absolute atomic E-state index is 0.143. The maximum atomic E-state index is 13.4. The summed E-state index contributed by atoms with van der Waals surface area (Å²) < 4.78 is 39.3. The van der Waals surface area contributed by atoms with Crippen molar-refractivity contribution in [2.45, 2.75) is 24.8 Å². The Morgan fingerprint density at radius 1 is 1.06 bits per heavy atom. The van der Waals surface area contributed by atoms with E-state index in [-0.39, 0.29) is 11.4 Å². The van der Waals surface area contributed by atoms with Crippen LogP contribution in [0.3, 0.4) is 0 Å². The number of nitrogens with zero attached hydrogens (tertiary/aromatic N) is 1. The third-order valence-corrected chi connectivity index (χ3v) is 6.86. The van der Waals surface area contributed by atoms with Crippen molar-refractivity contribution in [1.82, 2.24) is 0 Å². The van der Waals surface area contributed by atoms with Crippen molar-refractivity contribution in [2.75, 3.05) is 22.8 Å². The Hall–Kier alpha value is -3.52. The molecule has 3 aromatic carbocycles. The van der Waals surface area contributed by atoms with Gasteiger partial charge in [-0.1, -0.05) is 29.8 Å². The number of amides is 1. The van der Waals surface area contributed by atoms with E-state index < -0.39 is 22.0 Å².